The summed E-state index contributed by atoms with van der Waals surface area (Å²) in [5.74, 6) is 0.998. The Kier molecular flexibility index (Phi) is 5.64. The van der Waals surface area contributed by atoms with E-state index in [4.69, 9.17) is 4.74 Å². The number of hydrogen-bond acceptors (Lipinski definition) is 2. The molecule has 0 saturated heterocycles. The highest BCUT2D eigenvalue weighted by molar-refractivity contribution is 7.99. The number of hydrogen-bond donors (Lipinski definition) is 0. The molecule has 2 heteroatoms. The first kappa shape index (κ1) is 13.3. The van der Waals surface area contributed by atoms with Gasteiger partial charge in [0.1, 0.15) is 0 Å². The van der Waals surface area contributed by atoms with Gasteiger partial charge in [0.25, 0.3) is 0 Å². The molecule has 0 N–H and O–H groups in total. The van der Waals surface area contributed by atoms with Crippen LogP contribution in [0.4, 0.5) is 0 Å². The predicted molar refractivity (Wildman–Crippen MR) is 72.0 cm³/mol. The van der Waals surface area contributed by atoms with E-state index in [1.165, 1.54) is 4.90 Å². The van der Waals surface area contributed by atoms with Gasteiger partial charge in [-0.1, -0.05) is 30.4 Å². The second-order valence-corrected chi connectivity index (χ2v) is 5.61. The molecular formula is C14H20OS. The van der Waals surface area contributed by atoms with Crippen molar-refractivity contribution in [2.75, 3.05) is 12.4 Å². The van der Waals surface area contributed by atoms with E-state index in [0.717, 1.165) is 5.75 Å². The summed E-state index contributed by atoms with van der Waals surface area (Å²) in [5, 5.41) is 0. The molecule has 88 valence electrons. The maximum Gasteiger partial charge on any atom is 0.0654 e. The Morgan fingerprint density at radius 2 is 1.81 bits per heavy atom. The lowest BCUT2D eigenvalue weighted by molar-refractivity contribution is 0.0149. The summed E-state index contributed by atoms with van der Waals surface area (Å²) in [7, 11) is 0. The fourth-order valence-electron chi connectivity index (χ4n) is 1.10. The van der Waals surface area contributed by atoms with Gasteiger partial charge in [0.05, 0.1) is 12.2 Å². The third-order valence-electron chi connectivity index (χ3n) is 1.87. The monoisotopic (exact) mass is 236 g/mol. The quantitative estimate of drug-likeness (QED) is 0.561. The van der Waals surface area contributed by atoms with E-state index in [-0.39, 0.29) is 5.60 Å². The van der Waals surface area contributed by atoms with Crippen molar-refractivity contribution in [2.24, 2.45) is 0 Å². The average Bonchev–Trinajstić information content (AvgIpc) is 2.23. The molecule has 0 aliphatic heterocycles. The molecule has 0 fully saturated rings. The van der Waals surface area contributed by atoms with E-state index in [2.05, 4.69) is 57.2 Å². The third kappa shape index (κ3) is 6.70. The van der Waals surface area contributed by atoms with Crippen LogP contribution in [0, 0.1) is 0 Å². The van der Waals surface area contributed by atoms with Gasteiger partial charge >= 0.3 is 0 Å². The summed E-state index contributed by atoms with van der Waals surface area (Å²) in [6, 6.07) is 10.4. The molecule has 1 nitrogen and oxygen atoms in total. The molecule has 0 aliphatic rings. The minimum atomic E-state index is -0.0447. The molecule has 0 atom stereocenters. The van der Waals surface area contributed by atoms with Gasteiger partial charge in [-0.2, -0.15) is 0 Å². The Bertz CT molecular complexity index is 311. The molecule has 0 aromatic heterocycles. The van der Waals surface area contributed by atoms with Crippen LogP contribution in [0.1, 0.15) is 20.8 Å². The van der Waals surface area contributed by atoms with E-state index in [1.807, 2.05) is 17.8 Å². The summed E-state index contributed by atoms with van der Waals surface area (Å²) in [6.45, 7) is 6.90. The molecule has 0 bridgehead atoms. The fourth-order valence-corrected chi connectivity index (χ4v) is 1.87. The van der Waals surface area contributed by atoms with E-state index in [0.29, 0.717) is 6.61 Å². The van der Waals surface area contributed by atoms with Gasteiger partial charge in [-0.15, -0.1) is 11.8 Å². The first-order valence-corrected chi connectivity index (χ1v) is 6.53. The molecule has 0 saturated carbocycles. The summed E-state index contributed by atoms with van der Waals surface area (Å²) < 4.78 is 5.59. The fraction of sp³-hybridized carbons (Fsp3) is 0.429. The van der Waals surface area contributed by atoms with Crippen LogP contribution in [0.25, 0.3) is 0 Å². The van der Waals surface area contributed by atoms with Gasteiger partial charge in [0, 0.05) is 10.6 Å². The standard InChI is InChI=1S/C14H20OS/c1-14(2,3)15-11-7-8-12-16-13-9-5-4-6-10-13/h4-10H,11-12H2,1-3H3/b8-7+. The van der Waals surface area contributed by atoms with Crippen molar-refractivity contribution in [3.05, 3.63) is 42.5 Å². The van der Waals surface area contributed by atoms with Crippen molar-refractivity contribution in [1.82, 2.24) is 0 Å². The van der Waals surface area contributed by atoms with Crippen LogP contribution < -0.4 is 0 Å². The van der Waals surface area contributed by atoms with Crippen LogP contribution >= 0.6 is 11.8 Å². The lowest BCUT2D eigenvalue weighted by Crippen LogP contribution is -2.18. The van der Waals surface area contributed by atoms with Gasteiger partial charge in [0.2, 0.25) is 0 Å². The van der Waals surface area contributed by atoms with Crippen LogP contribution in [0.3, 0.4) is 0 Å². The average molecular weight is 236 g/mol. The van der Waals surface area contributed by atoms with Crippen LogP contribution in [0.2, 0.25) is 0 Å². The zero-order valence-electron chi connectivity index (χ0n) is 10.3. The summed E-state index contributed by atoms with van der Waals surface area (Å²) >= 11 is 1.84. The Labute approximate surface area is 103 Å². The van der Waals surface area contributed by atoms with Gasteiger partial charge in [-0.3, -0.25) is 0 Å². The molecule has 0 amide bonds. The lowest BCUT2D eigenvalue weighted by Gasteiger charge is -2.17. The van der Waals surface area contributed by atoms with Crippen molar-refractivity contribution in [3.63, 3.8) is 0 Å². The van der Waals surface area contributed by atoms with E-state index < -0.39 is 0 Å². The second kappa shape index (κ2) is 6.77. The zero-order chi connectivity index (χ0) is 11.9. The molecule has 1 aromatic carbocycles. The highest BCUT2D eigenvalue weighted by Gasteiger charge is 2.07. The number of benzene rings is 1. The molecule has 1 aromatic rings. The summed E-state index contributed by atoms with van der Waals surface area (Å²) in [4.78, 5) is 1.31. The highest BCUT2D eigenvalue weighted by atomic mass is 32.2. The Balaban J connectivity index is 2.14. The van der Waals surface area contributed by atoms with E-state index >= 15 is 0 Å². The second-order valence-electron chi connectivity index (χ2n) is 4.52. The maximum atomic E-state index is 5.59. The summed E-state index contributed by atoms with van der Waals surface area (Å²) in [5.41, 5.74) is -0.0447. The van der Waals surface area contributed by atoms with Crippen molar-refractivity contribution >= 4 is 11.8 Å². The largest absolute Gasteiger partial charge is 0.372 e. The Hall–Kier alpha value is -0.730. The van der Waals surface area contributed by atoms with Crippen molar-refractivity contribution in [1.29, 1.82) is 0 Å². The molecular weight excluding hydrogens is 216 g/mol. The summed E-state index contributed by atoms with van der Waals surface area (Å²) in [6.07, 6.45) is 4.24. The molecule has 16 heavy (non-hydrogen) atoms. The topological polar surface area (TPSA) is 9.23 Å². The van der Waals surface area contributed by atoms with Crippen LogP contribution in [0.5, 0.6) is 0 Å². The minimum absolute atomic E-state index is 0.0447. The van der Waals surface area contributed by atoms with Gasteiger partial charge in [0.15, 0.2) is 0 Å². The first-order valence-electron chi connectivity index (χ1n) is 5.55. The van der Waals surface area contributed by atoms with Gasteiger partial charge in [-0.05, 0) is 32.9 Å². The number of ether oxygens (including phenoxy) is 1. The molecule has 0 unspecified atom stereocenters. The normalized spacial score (nSPS) is 12.2. The zero-order valence-corrected chi connectivity index (χ0v) is 11.1. The molecule has 0 spiro atoms. The number of rotatable bonds is 5. The molecule has 0 aliphatic carbocycles. The Morgan fingerprint density at radius 3 is 2.44 bits per heavy atom. The van der Waals surface area contributed by atoms with Gasteiger partial charge < -0.3 is 4.74 Å². The molecule has 0 radical (unpaired) electrons. The van der Waals surface area contributed by atoms with Crippen LogP contribution in [-0.4, -0.2) is 18.0 Å². The smallest absolute Gasteiger partial charge is 0.0654 e. The minimum Gasteiger partial charge on any atom is -0.372 e. The van der Waals surface area contributed by atoms with E-state index in [1.54, 1.807) is 0 Å². The number of thioether (sulfide) groups is 1. The molecule has 1 rings (SSSR count). The first-order chi connectivity index (χ1) is 7.58. The van der Waals surface area contributed by atoms with Crippen molar-refractivity contribution in [3.8, 4) is 0 Å². The molecule has 0 heterocycles. The van der Waals surface area contributed by atoms with E-state index in [9.17, 15) is 0 Å². The van der Waals surface area contributed by atoms with Crippen molar-refractivity contribution < 1.29 is 4.74 Å². The highest BCUT2D eigenvalue weighted by Crippen LogP contribution is 2.16. The van der Waals surface area contributed by atoms with Crippen molar-refractivity contribution in [2.45, 2.75) is 31.3 Å². The van der Waals surface area contributed by atoms with Gasteiger partial charge in [-0.25, -0.2) is 0 Å². The van der Waals surface area contributed by atoms with Crippen LogP contribution in [-0.2, 0) is 4.74 Å². The SMILES string of the molecule is CC(C)(C)OC/C=C/CSc1ccccc1. The van der Waals surface area contributed by atoms with Crippen LogP contribution in [0.15, 0.2) is 47.4 Å². The predicted octanol–water partition coefficient (Wildman–Crippen LogP) is 4.15. The Morgan fingerprint density at radius 1 is 1.12 bits per heavy atom. The lowest BCUT2D eigenvalue weighted by atomic mass is 10.2. The maximum absolute atomic E-state index is 5.59. The third-order valence-corrected chi connectivity index (χ3v) is 2.83.